The molecule has 1 atom stereocenters. The molecule has 2 aromatic heterocycles. The molecule has 9 heteroatoms. The molecule has 2 heterocycles. The largest absolute Gasteiger partial charge is 0.347 e. The first-order valence-corrected chi connectivity index (χ1v) is 7.42. The molecule has 2 N–H and O–H groups in total. The number of nitrogens with one attached hydrogen (secondary N) is 2. The molecule has 1 fully saturated rings. The van der Waals surface area contributed by atoms with Gasteiger partial charge in [-0.3, -0.25) is 4.79 Å². The molecular formula is C11H15N7OS. The van der Waals surface area contributed by atoms with Gasteiger partial charge in [-0.25, -0.2) is 9.67 Å². The number of amides is 1. The minimum atomic E-state index is -0.141. The number of hydrogen-bond acceptors (Lipinski definition) is 6. The van der Waals surface area contributed by atoms with E-state index >= 15 is 0 Å². The fourth-order valence-electron chi connectivity index (χ4n) is 1.82. The van der Waals surface area contributed by atoms with Crippen LogP contribution >= 0.6 is 11.8 Å². The summed E-state index contributed by atoms with van der Waals surface area (Å²) in [4.78, 5) is 19.0. The quantitative estimate of drug-likeness (QED) is 0.760. The molecule has 0 saturated heterocycles. The van der Waals surface area contributed by atoms with Gasteiger partial charge in [0, 0.05) is 12.4 Å². The van der Waals surface area contributed by atoms with Crippen molar-refractivity contribution in [2.24, 2.45) is 0 Å². The normalized spacial score (nSPS) is 16.1. The van der Waals surface area contributed by atoms with E-state index in [4.69, 9.17) is 0 Å². The van der Waals surface area contributed by atoms with Crippen molar-refractivity contribution in [3.8, 4) is 0 Å². The van der Waals surface area contributed by atoms with Gasteiger partial charge in [-0.1, -0.05) is 11.8 Å². The third-order valence-electron chi connectivity index (χ3n) is 2.99. The fraction of sp³-hybridized carbons (Fsp3) is 0.545. The summed E-state index contributed by atoms with van der Waals surface area (Å²) in [6.45, 7) is 1.88. The Kier molecular flexibility index (Phi) is 3.68. The molecule has 0 aliphatic heterocycles. The molecule has 3 rings (SSSR count). The number of nitrogens with zero attached hydrogens (tertiary/aromatic N) is 5. The van der Waals surface area contributed by atoms with E-state index in [0.29, 0.717) is 11.2 Å². The summed E-state index contributed by atoms with van der Waals surface area (Å²) in [5.74, 6) is 0.966. The van der Waals surface area contributed by atoms with Crippen LogP contribution in [0.1, 0.15) is 37.7 Å². The van der Waals surface area contributed by atoms with Crippen LogP contribution in [0.4, 0.5) is 0 Å². The smallest absolute Gasteiger partial charge is 0.231 e. The Morgan fingerprint density at radius 3 is 3.20 bits per heavy atom. The van der Waals surface area contributed by atoms with E-state index in [1.807, 2.05) is 6.92 Å². The first-order valence-electron chi connectivity index (χ1n) is 6.43. The fourth-order valence-corrected chi connectivity index (χ4v) is 2.58. The Hall–Kier alpha value is -1.90. The summed E-state index contributed by atoms with van der Waals surface area (Å²) in [5.41, 5.74) is 0. The highest BCUT2D eigenvalue weighted by Gasteiger charge is 2.28. The molecule has 1 amide bonds. The van der Waals surface area contributed by atoms with E-state index in [1.54, 1.807) is 17.1 Å². The third kappa shape index (κ3) is 2.98. The third-order valence-corrected chi connectivity index (χ3v) is 3.93. The zero-order valence-corrected chi connectivity index (χ0v) is 11.8. The van der Waals surface area contributed by atoms with Crippen LogP contribution in [0.15, 0.2) is 17.6 Å². The van der Waals surface area contributed by atoms with Crippen LogP contribution in [-0.2, 0) is 4.79 Å². The average molecular weight is 293 g/mol. The Bertz CT molecular complexity index is 577. The molecular weight excluding hydrogens is 278 g/mol. The minimum absolute atomic E-state index is 0.0655. The van der Waals surface area contributed by atoms with E-state index in [-0.39, 0.29) is 17.7 Å². The number of imidazole rings is 1. The lowest BCUT2D eigenvalue weighted by Crippen LogP contribution is -2.29. The van der Waals surface area contributed by atoms with E-state index in [1.165, 1.54) is 11.8 Å². The van der Waals surface area contributed by atoms with E-state index in [9.17, 15) is 4.79 Å². The van der Waals surface area contributed by atoms with Crippen LogP contribution in [0, 0.1) is 0 Å². The number of aromatic nitrogens is 6. The van der Waals surface area contributed by atoms with Gasteiger partial charge in [0.25, 0.3) is 0 Å². The summed E-state index contributed by atoms with van der Waals surface area (Å²) in [6.07, 6.45) is 5.62. The van der Waals surface area contributed by atoms with Crippen molar-refractivity contribution in [3.05, 3.63) is 18.2 Å². The predicted molar refractivity (Wildman–Crippen MR) is 72.0 cm³/mol. The first kappa shape index (κ1) is 13.1. The molecule has 8 nitrogen and oxygen atoms in total. The van der Waals surface area contributed by atoms with Crippen molar-refractivity contribution in [1.29, 1.82) is 0 Å². The number of tetrazole rings is 1. The van der Waals surface area contributed by atoms with Crippen LogP contribution in [0.2, 0.25) is 0 Å². The van der Waals surface area contributed by atoms with Crippen molar-refractivity contribution in [1.82, 2.24) is 35.5 Å². The molecule has 0 bridgehead atoms. The van der Waals surface area contributed by atoms with Gasteiger partial charge < -0.3 is 10.3 Å². The van der Waals surface area contributed by atoms with Crippen LogP contribution in [0.3, 0.4) is 0 Å². The van der Waals surface area contributed by atoms with Crippen LogP contribution in [-0.4, -0.2) is 41.8 Å². The van der Waals surface area contributed by atoms with Crippen molar-refractivity contribution < 1.29 is 4.79 Å². The molecule has 106 valence electrons. The van der Waals surface area contributed by atoms with Gasteiger partial charge in [0.05, 0.1) is 17.8 Å². The van der Waals surface area contributed by atoms with Gasteiger partial charge in [-0.05, 0) is 30.2 Å². The van der Waals surface area contributed by atoms with Gasteiger partial charge in [0.2, 0.25) is 11.1 Å². The Morgan fingerprint density at radius 2 is 2.50 bits per heavy atom. The van der Waals surface area contributed by atoms with E-state index in [2.05, 4.69) is 30.8 Å². The summed E-state index contributed by atoms with van der Waals surface area (Å²) in [7, 11) is 0. The lowest BCUT2D eigenvalue weighted by Gasteiger charge is -2.10. The average Bonchev–Trinajstić information content (AvgIpc) is 2.95. The minimum Gasteiger partial charge on any atom is -0.347 e. The van der Waals surface area contributed by atoms with E-state index in [0.717, 1.165) is 18.7 Å². The number of carbonyl (C=O) groups excluding carboxylic acids is 1. The maximum Gasteiger partial charge on any atom is 0.231 e. The predicted octanol–water partition coefficient (Wildman–Crippen LogP) is 0.701. The Balaban J connectivity index is 1.50. The van der Waals surface area contributed by atoms with Crippen molar-refractivity contribution in [3.63, 3.8) is 0 Å². The summed E-state index contributed by atoms with van der Waals surface area (Å²) in [5, 5.41) is 15.1. The number of carbonyl (C=O) groups is 1. The second-order valence-corrected chi connectivity index (χ2v) is 5.63. The Labute approximate surface area is 119 Å². The monoisotopic (exact) mass is 293 g/mol. The highest BCUT2D eigenvalue weighted by Crippen LogP contribution is 2.36. The maximum atomic E-state index is 11.9. The first-order chi connectivity index (χ1) is 9.74. The van der Waals surface area contributed by atoms with Gasteiger partial charge in [-0.2, -0.15) is 0 Å². The molecule has 1 saturated carbocycles. The second-order valence-electron chi connectivity index (χ2n) is 4.69. The van der Waals surface area contributed by atoms with Gasteiger partial charge in [0.1, 0.15) is 5.82 Å². The van der Waals surface area contributed by atoms with Gasteiger partial charge in [0.15, 0.2) is 0 Å². The highest BCUT2D eigenvalue weighted by atomic mass is 32.2. The van der Waals surface area contributed by atoms with Crippen LogP contribution in [0.5, 0.6) is 0 Å². The number of thioether (sulfide) groups is 1. The molecule has 20 heavy (non-hydrogen) atoms. The second kappa shape index (κ2) is 5.61. The molecule has 1 aliphatic rings. The number of rotatable bonds is 6. The summed E-state index contributed by atoms with van der Waals surface area (Å²) < 4.78 is 1.80. The lowest BCUT2D eigenvalue weighted by molar-refractivity contribution is -0.119. The summed E-state index contributed by atoms with van der Waals surface area (Å²) >= 11 is 1.35. The topological polar surface area (TPSA) is 101 Å². The molecule has 0 radical (unpaired) electrons. The number of aromatic amines is 1. The highest BCUT2D eigenvalue weighted by molar-refractivity contribution is 7.99. The van der Waals surface area contributed by atoms with Crippen molar-refractivity contribution >= 4 is 17.7 Å². The molecule has 2 aromatic rings. The van der Waals surface area contributed by atoms with E-state index < -0.39 is 0 Å². The SMILES string of the molecule is CC(NC(=O)CSc1nnnn1C1CC1)c1ncc[nH]1. The molecule has 0 spiro atoms. The summed E-state index contributed by atoms with van der Waals surface area (Å²) in [6, 6.07) is 0.273. The van der Waals surface area contributed by atoms with Gasteiger partial charge in [-0.15, -0.1) is 5.10 Å². The van der Waals surface area contributed by atoms with Crippen molar-refractivity contribution in [2.75, 3.05) is 5.75 Å². The standard InChI is InChI=1S/C11H15N7OS/c1-7(10-12-4-5-13-10)14-9(19)6-20-11-15-16-17-18(11)8-2-3-8/h4-5,7-8H,2-3,6H2,1H3,(H,12,13)(H,14,19). The van der Waals surface area contributed by atoms with Crippen molar-refractivity contribution in [2.45, 2.75) is 37.0 Å². The molecule has 0 aromatic carbocycles. The molecule has 1 unspecified atom stereocenters. The number of hydrogen-bond donors (Lipinski definition) is 2. The van der Waals surface area contributed by atoms with Gasteiger partial charge >= 0.3 is 0 Å². The maximum absolute atomic E-state index is 11.9. The molecule has 1 aliphatic carbocycles. The van der Waals surface area contributed by atoms with Crippen LogP contribution in [0.25, 0.3) is 0 Å². The van der Waals surface area contributed by atoms with Crippen LogP contribution < -0.4 is 5.32 Å². The zero-order chi connectivity index (χ0) is 13.9. The number of H-pyrrole nitrogens is 1. The lowest BCUT2D eigenvalue weighted by atomic mass is 10.3. The Morgan fingerprint density at radius 1 is 1.65 bits per heavy atom. The zero-order valence-electron chi connectivity index (χ0n) is 11.0.